The maximum atomic E-state index is 12.4. The molecule has 1 amide bonds. The molecule has 8 heteroatoms. The molecule has 31 heavy (non-hydrogen) atoms. The van der Waals surface area contributed by atoms with E-state index in [2.05, 4.69) is 10.1 Å². The van der Waals surface area contributed by atoms with Gasteiger partial charge in [-0.2, -0.15) is 5.10 Å². The molecule has 1 aliphatic heterocycles. The Kier molecular flexibility index (Phi) is 5.69. The zero-order chi connectivity index (χ0) is 22.1. The molecule has 2 heterocycles. The first-order chi connectivity index (χ1) is 15.0. The number of methoxy groups -OCH3 is 3. The van der Waals surface area contributed by atoms with E-state index < -0.39 is 0 Å². The van der Waals surface area contributed by atoms with E-state index in [1.54, 1.807) is 21.3 Å². The summed E-state index contributed by atoms with van der Waals surface area (Å²) in [6.45, 7) is 1.49. The van der Waals surface area contributed by atoms with E-state index in [0.29, 0.717) is 34.3 Å². The Hall–Kier alpha value is -3.32. The minimum atomic E-state index is -0.365. The molecule has 4 rings (SSSR count). The predicted molar refractivity (Wildman–Crippen MR) is 119 cm³/mol. The molecule has 0 aliphatic carbocycles. The number of carbonyl (C=O) groups is 1. The number of halogens is 1. The lowest BCUT2D eigenvalue weighted by Crippen LogP contribution is -2.24. The lowest BCUT2D eigenvalue weighted by molar-refractivity contribution is -0.130. The van der Waals surface area contributed by atoms with Gasteiger partial charge < -0.3 is 14.2 Å². The molecule has 1 aliphatic rings. The first-order valence-electron chi connectivity index (χ1n) is 9.69. The topological polar surface area (TPSA) is 73.2 Å². The zero-order valence-electron chi connectivity index (χ0n) is 17.7. The van der Waals surface area contributed by atoms with Gasteiger partial charge in [-0.3, -0.25) is 4.79 Å². The van der Waals surface area contributed by atoms with E-state index in [9.17, 15) is 4.79 Å². The third-order valence-corrected chi connectivity index (χ3v) is 5.62. The van der Waals surface area contributed by atoms with Crippen LogP contribution in [0.3, 0.4) is 0 Å². The number of ether oxygens (including phenoxy) is 3. The second-order valence-electron chi connectivity index (χ2n) is 7.10. The molecule has 160 valence electrons. The van der Waals surface area contributed by atoms with Crippen molar-refractivity contribution in [3.05, 3.63) is 58.7 Å². The minimum Gasteiger partial charge on any atom is -0.494 e. The summed E-state index contributed by atoms with van der Waals surface area (Å²) in [6.07, 6.45) is 0.492. The minimum absolute atomic E-state index is 0.178. The van der Waals surface area contributed by atoms with Crippen LogP contribution in [0.25, 0.3) is 10.9 Å². The molecule has 1 atom stereocenters. The van der Waals surface area contributed by atoms with Crippen molar-refractivity contribution in [1.82, 2.24) is 9.99 Å². The summed E-state index contributed by atoms with van der Waals surface area (Å²) in [7, 11) is 4.76. The second kappa shape index (κ2) is 8.43. The number of amides is 1. The van der Waals surface area contributed by atoms with Gasteiger partial charge in [-0.15, -0.1) is 0 Å². The van der Waals surface area contributed by atoms with Crippen LogP contribution < -0.4 is 14.2 Å². The van der Waals surface area contributed by atoms with Crippen molar-refractivity contribution in [2.24, 2.45) is 5.10 Å². The molecular formula is C23H22ClN3O4. The van der Waals surface area contributed by atoms with Crippen LogP contribution in [0.4, 0.5) is 0 Å². The van der Waals surface area contributed by atoms with Crippen molar-refractivity contribution in [2.45, 2.75) is 19.4 Å². The molecule has 0 spiro atoms. The van der Waals surface area contributed by atoms with E-state index in [0.717, 1.165) is 22.2 Å². The number of hydrogen-bond donors (Lipinski definition) is 0. The van der Waals surface area contributed by atoms with Gasteiger partial charge in [-0.1, -0.05) is 23.7 Å². The summed E-state index contributed by atoms with van der Waals surface area (Å²) in [6, 6.07) is 12.8. The van der Waals surface area contributed by atoms with Gasteiger partial charge in [0.1, 0.15) is 16.4 Å². The normalized spacial score (nSPS) is 15.7. The molecule has 0 saturated carbocycles. The Balaban J connectivity index is 1.75. The number of fused-ring (bicyclic) bond motifs is 1. The van der Waals surface area contributed by atoms with E-state index >= 15 is 0 Å². The van der Waals surface area contributed by atoms with Crippen LogP contribution in [0, 0.1) is 0 Å². The smallest absolute Gasteiger partial charge is 0.240 e. The molecule has 3 aromatic rings. The average Bonchev–Trinajstić information content (AvgIpc) is 3.23. The molecule has 1 aromatic heterocycles. The number of pyridine rings is 1. The van der Waals surface area contributed by atoms with Gasteiger partial charge in [-0.25, -0.2) is 9.99 Å². The highest BCUT2D eigenvalue weighted by Crippen LogP contribution is 2.39. The number of para-hydroxylation sites is 1. The Labute approximate surface area is 185 Å². The van der Waals surface area contributed by atoms with Crippen LogP contribution in [0.15, 0.2) is 47.6 Å². The van der Waals surface area contributed by atoms with Gasteiger partial charge in [0.15, 0.2) is 11.5 Å². The molecule has 0 saturated heterocycles. The highest BCUT2D eigenvalue weighted by Gasteiger charge is 2.33. The first kappa shape index (κ1) is 20.9. The summed E-state index contributed by atoms with van der Waals surface area (Å²) in [5, 5.41) is 7.25. The van der Waals surface area contributed by atoms with Gasteiger partial charge >= 0.3 is 0 Å². The Morgan fingerprint density at radius 3 is 2.45 bits per heavy atom. The van der Waals surface area contributed by atoms with Crippen LogP contribution in [-0.4, -0.2) is 42.9 Å². The number of rotatable bonds is 5. The Morgan fingerprint density at radius 1 is 1.03 bits per heavy atom. The third kappa shape index (κ3) is 3.77. The molecule has 0 unspecified atom stereocenters. The van der Waals surface area contributed by atoms with Crippen molar-refractivity contribution in [3.8, 4) is 17.2 Å². The molecular weight excluding hydrogens is 418 g/mol. The Bertz CT molecular complexity index is 1190. The molecule has 7 nitrogen and oxygen atoms in total. The van der Waals surface area contributed by atoms with Gasteiger partial charge in [0.25, 0.3) is 0 Å². The summed E-state index contributed by atoms with van der Waals surface area (Å²) >= 11 is 6.57. The summed E-state index contributed by atoms with van der Waals surface area (Å²) in [5.74, 6) is 1.68. The molecule has 0 radical (unpaired) electrons. The first-order valence-corrected chi connectivity index (χ1v) is 10.1. The highest BCUT2D eigenvalue weighted by molar-refractivity contribution is 6.30. The van der Waals surface area contributed by atoms with Crippen LogP contribution in [0.5, 0.6) is 17.2 Å². The number of aromatic nitrogens is 1. The fraction of sp³-hybridized carbons (Fsp3) is 0.261. The van der Waals surface area contributed by atoms with Gasteiger partial charge in [-0.05, 0) is 30.3 Å². The van der Waals surface area contributed by atoms with Gasteiger partial charge in [0.2, 0.25) is 5.91 Å². The predicted octanol–water partition coefficient (Wildman–Crippen LogP) is 4.61. The number of hydrazone groups is 1. The summed E-state index contributed by atoms with van der Waals surface area (Å²) in [4.78, 5) is 16.9. The number of nitrogens with zero attached hydrogens (tertiary/aromatic N) is 3. The van der Waals surface area contributed by atoms with Crippen LogP contribution in [-0.2, 0) is 4.79 Å². The van der Waals surface area contributed by atoms with E-state index in [4.69, 9.17) is 25.8 Å². The fourth-order valence-electron chi connectivity index (χ4n) is 3.80. The highest BCUT2D eigenvalue weighted by atomic mass is 35.5. The standard InChI is InChI=1S/C23H22ClN3O4/c1-13(28)27-18(12-17(26-27)14-8-9-19(29-2)21(11-14)31-4)16-10-15-6-5-7-20(30-3)22(15)25-23(16)24/h5-11,18H,12H2,1-4H3/t18-/m1/s1. The number of carbonyl (C=O) groups excluding carboxylic acids is 1. The largest absolute Gasteiger partial charge is 0.494 e. The van der Waals surface area contributed by atoms with Crippen LogP contribution >= 0.6 is 11.6 Å². The third-order valence-electron chi connectivity index (χ3n) is 5.32. The van der Waals surface area contributed by atoms with Gasteiger partial charge in [0.05, 0.1) is 33.1 Å². The maximum Gasteiger partial charge on any atom is 0.240 e. The SMILES string of the molecule is COc1ccc(C2=NN(C(C)=O)[C@@H](c3cc4cccc(OC)c4nc3Cl)C2)cc1OC. The van der Waals surface area contributed by atoms with Crippen molar-refractivity contribution in [1.29, 1.82) is 0 Å². The average molecular weight is 440 g/mol. The monoisotopic (exact) mass is 439 g/mol. The molecule has 2 aromatic carbocycles. The number of hydrogen-bond acceptors (Lipinski definition) is 6. The molecule has 0 fully saturated rings. The van der Waals surface area contributed by atoms with E-state index in [-0.39, 0.29) is 11.9 Å². The lowest BCUT2D eigenvalue weighted by atomic mass is 9.98. The van der Waals surface area contributed by atoms with Crippen molar-refractivity contribution in [3.63, 3.8) is 0 Å². The fourth-order valence-corrected chi connectivity index (χ4v) is 4.06. The van der Waals surface area contributed by atoms with Crippen molar-refractivity contribution >= 4 is 34.1 Å². The lowest BCUT2D eigenvalue weighted by Gasteiger charge is -2.21. The van der Waals surface area contributed by atoms with Crippen LogP contribution in [0.1, 0.15) is 30.5 Å². The summed E-state index contributed by atoms with van der Waals surface area (Å²) < 4.78 is 16.1. The maximum absolute atomic E-state index is 12.4. The van der Waals surface area contributed by atoms with Crippen molar-refractivity contribution in [2.75, 3.05) is 21.3 Å². The second-order valence-corrected chi connectivity index (χ2v) is 7.46. The van der Waals surface area contributed by atoms with E-state index in [1.165, 1.54) is 11.9 Å². The van der Waals surface area contributed by atoms with Crippen molar-refractivity contribution < 1.29 is 19.0 Å². The summed E-state index contributed by atoms with van der Waals surface area (Å²) in [5.41, 5.74) is 3.00. The zero-order valence-corrected chi connectivity index (χ0v) is 18.4. The quantitative estimate of drug-likeness (QED) is 0.543. The number of benzene rings is 2. The molecule has 0 N–H and O–H groups in total. The van der Waals surface area contributed by atoms with Gasteiger partial charge in [0, 0.05) is 29.9 Å². The van der Waals surface area contributed by atoms with E-state index in [1.807, 2.05) is 42.5 Å². The van der Waals surface area contributed by atoms with Crippen LogP contribution in [0.2, 0.25) is 5.15 Å². The Morgan fingerprint density at radius 2 is 1.77 bits per heavy atom. The molecule has 0 bridgehead atoms.